The Morgan fingerprint density at radius 1 is 1.59 bits per heavy atom. The third-order valence-corrected chi connectivity index (χ3v) is 7.25. The van der Waals surface area contributed by atoms with Crippen LogP contribution in [-0.2, 0) is 10.0 Å². The molecule has 8 heteroatoms. The van der Waals surface area contributed by atoms with Gasteiger partial charge in [-0.25, -0.2) is 8.42 Å². The van der Waals surface area contributed by atoms with Crippen LogP contribution in [0.3, 0.4) is 0 Å². The molecule has 1 aromatic rings. The predicted octanol–water partition coefficient (Wildman–Crippen LogP) is 1.90. The molecular formula is C9H14BrClN2O2S2. The van der Waals surface area contributed by atoms with Gasteiger partial charge in [0.15, 0.2) is 0 Å². The van der Waals surface area contributed by atoms with Crippen molar-refractivity contribution in [3.63, 3.8) is 0 Å². The summed E-state index contributed by atoms with van der Waals surface area (Å²) in [5.41, 5.74) is 5.56. The van der Waals surface area contributed by atoms with Crippen LogP contribution in [0.4, 0.5) is 0 Å². The molecule has 1 aliphatic heterocycles. The predicted molar refractivity (Wildman–Crippen MR) is 75.2 cm³/mol. The van der Waals surface area contributed by atoms with Crippen molar-refractivity contribution in [1.29, 1.82) is 0 Å². The van der Waals surface area contributed by atoms with E-state index in [4.69, 9.17) is 5.73 Å². The number of hydrogen-bond acceptors (Lipinski definition) is 4. The molecule has 0 radical (unpaired) electrons. The molecule has 0 aromatic carbocycles. The minimum absolute atomic E-state index is 0. The van der Waals surface area contributed by atoms with Crippen LogP contribution >= 0.6 is 39.7 Å². The molecule has 0 saturated carbocycles. The SMILES string of the molecule is Cl.NCC1CCN(S(=O)(=O)c2sccc2Br)C1. The maximum absolute atomic E-state index is 12.2. The number of halogens is 2. The number of sulfonamides is 1. The fourth-order valence-corrected chi connectivity index (χ4v) is 5.77. The first-order valence-corrected chi connectivity index (χ1v) is 8.10. The third-order valence-electron chi connectivity index (χ3n) is 2.74. The van der Waals surface area contributed by atoms with E-state index in [1.54, 1.807) is 11.4 Å². The van der Waals surface area contributed by atoms with Gasteiger partial charge in [-0.15, -0.1) is 23.7 Å². The van der Waals surface area contributed by atoms with Crippen LogP contribution in [0.1, 0.15) is 6.42 Å². The Morgan fingerprint density at radius 3 is 2.76 bits per heavy atom. The van der Waals surface area contributed by atoms with Gasteiger partial charge in [0.2, 0.25) is 0 Å². The second kappa shape index (κ2) is 5.99. The summed E-state index contributed by atoms with van der Waals surface area (Å²) in [7, 11) is -3.32. The van der Waals surface area contributed by atoms with Crippen LogP contribution in [0.25, 0.3) is 0 Å². The maximum Gasteiger partial charge on any atom is 0.253 e. The Morgan fingerprint density at radius 2 is 2.29 bits per heavy atom. The van der Waals surface area contributed by atoms with Crippen LogP contribution in [0.15, 0.2) is 20.1 Å². The van der Waals surface area contributed by atoms with Crippen LogP contribution < -0.4 is 5.73 Å². The lowest BCUT2D eigenvalue weighted by Crippen LogP contribution is -2.29. The second-order valence-corrected chi connectivity index (χ2v) is 7.71. The van der Waals surface area contributed by atoms with Crippen molar-refractivity contribution >= 4 is 49.7 Å². The summed E-state index contributed by atoms with van der Waals surface area (Å²) in [6.45, 7) is 1.68. The minimum atomic E-state index is -3.32. The lowest BCUT2D eigenvalue weighted by atomic mass is 10.1. The van der Waals surface area contributed by atoms with Crippen LogP contribution in [0, 0.1) is 5.92 Å². The summed E-state index contributed by atoms with van der Waals surface area (Å²) in [4.78, 5) is 0. The molecule has 0 amide bonds. The molecule has 1 saturated heterocycles. The Kier molecular flexibility index (Phi) is 5.42. The zero-order valence-corrected chi connectivity index (χ0v) is 13.0. The molecule has 0 bridgehead atoms. The topological polar surface area (TPSA) is 63.4 Å². The fourth-order valence-electron chi connectivity index (χ4n) is 1.79. The van der Waals surface area contributed by atoms with Crippen molar-refractivity contribution in [2.75, 3.05) is 19.6 Å². The molecule has 0 spiro atoms. The van der Waals surface area contributed by atoms with E-state index in [1.165, 1.54) is 15.6 Å². The highest BCUT2D eigenvalue weighted by Crippen LogP contribution is 2.32. The van der Waals surface area contributed by atoms with E-state index >= 15 is 0 Å². The lowest BCUT2D eigenvalue weighted by Gasteiger charge is -2.15. The Labute approximate surface area is 120 Å². The van der Waals surface area contributed by atoms with Gasteiger partial charge in [-0.1, -0.05) is 0 Å². The quantitative estimate of drug-likeness (QED) is 0.894. The molecule has 1 atom stereocenters. The average Bonchev–Trinajstić information content (AvgIpc) is 2.85. The lowest BCUT2D eigenvalue weighted by molar-refractivity contribution is 0.460. The van der Waals surface area contributed by atoms with E-state index in [2.05, 4.69) is 15.9 Å². The Balaban J connectivity index is 0.00000144. The zero-order chi connectivity index (χ0) is 11.8. The number of rotatable bonds is 3. The molecule has 98 valence electrons. The van der Waals surface area contributed by atoms with Crippen molar-refractivity contribution in [2.45, 2.75) is 10.6 Å². The molecule has 1 fully saturated rings. The molecule has 4 nitrogen and oxygen atoms in total. The maximum atomic E-state index is 12.2. The standard InChI is InChI=1S/C9H13BrN2O2S2.ClH/c10-8-2-4-15-9(8)16(13,14)12-3-1-7(5-11)6-12;/h2,4,7H,1,3,5-6,11H2;1H. The van der Waals surface area contributed by atoms with E-state index in [0.29, 0.717) is 34.2 Å². The van der Waals surface area contributed by atoms with Crippen molar-refractivity contribution in [3.05, 3.63) is 15.9 Å². The highest BCUT2D eigenvalue weighted by atomic mass is 79.9. The normalized spacial score (nSPS) is 21.4. The van der Waals surface area contributed by atoms with Gasteiger partial charge in [-0.3, -0.25) is 0 Å². The van der Waals surface area contributed by atoms with Crippen LogP contribution in [0.2, 0.25) is 0 Å². The van der Waals surface area contributed by atoms with Gasteiger partial charge in [-0.05, 0) is 46.3 Å². The van der Waals surface area contributed by atoms with E-state index in [9.17, 15) is 8.42 Å². The van der Waals surface area contributed by atoms with Gasteiger partial charge in [0.1, 0.15) is 4.21 Å². The summed E-state index contributed by atoms with van der Waals surface area (Å²) in [6.07, 6.45) is 0.860. The van der Waals surface area contributed by atoms with Gasteiger partial charge >= 0.3 is 0 Å². The van der Waals surface area contributed by atoms with Crippen molar-refractivity contribution in [1.82, 2.24) is 4.31 Å². The van der Waals surface area contributed by atoms with Gasteiger partial charge in [0.25, 0.3) is 10.0 Å². The molecule has 1 unspecified atom stereocenters. The first kappa shape index (κ1) is 15.4. The van der Waals surface area contributed by atoms with Crippen molar-refractivity contribution in [3.8, 4) is 0 Å². The van der Waals surface area contributed by atoms with E-state index in [1.807, 2.05) is 0 Å². The highest BCUT2D eigenvalue weighted by Gasteiger charge is 2.33. The Bertz CT molecular complexity index is 477. The Hall–Kier alpha value is 0.340. The van der Waals surface area contributed by atoms with E-state index < -0.39 is 10.0 Å². The number of nitrogens with zero attached hydrogens (tertiary/aromatic N) is 1. The zero-order valence-electron chi connectivity index (χ0n) is 9.00. The van der Waals surface area contributed by atoms with Crippen molar-refractivity contribution in [2.24, 2.45) is 11.7 Å². The third kappa shape index (κ3) is 3.02. The monoisotopic (exact) mass is 360 g/mol. The molecule has 17 heavy (non-hydrogen) atoms. The average molecular weight is 362 g/mol. The molecular weight excluding hydrogens is 348 g/mol. The van der Waals surface area contributed by atoms with Crippen LogP contribution in [0.5, 0.6) is 0 Å². The number of thiophene rings is 1. The smallest absolute Gasteiger partial charge is 0.253 e. The van der Waals surface area contributed by atoms with Gasteiger partial charge in [0.05, 0.1) is 0 Å². The van der Waals surface area contributed by atoms with Crippen molar-refractivity contribution < 1.29 is 8.42 Å². The molecule has 2 heterocycles. The molecule has 1 aliphatic rings. The fraction of sp³-hybridized carbons (Fsp3) is 0.556. The molecule has 2 rings (SSSR count). The summed E-state index contributed by atoms with van der Waals surface area (Å²) >= 11 is 4.51. The first-order valence-electron chi connectivity index (χ1n) is 4.99. The van der Waals surface area contributed by atoms with Gasteiger partial charge in [0, 0.05) is 17.6 Å². The molecule has 1 aromatic heterocycles. The number of hydrogen-bond donors (Lipinski definition) is 1. The summed E-state index contributed by atoms with van der Waals surface area (Å²) in [6, 6.07) is 1.76. The minimum Gasteiger partial charge on any atom is -0.330 e. The highest BCUT2D eigenvalue weighted by molar-refractivity contribution is 9.10. The second-order valence-electron chi connectivity index (χ2n) is 3.81. The summed E-state index contributed by atoms with van der Waals surface area (Å²) in [5.74, 6) is 0.300. The molecule has 2 N–H and O–H groups in total. The largest absolute Gasteiger partial charge is 0.330 e. The van der Waals surface area contributed by atoms with Crippen LogP contribution in [-0.4, -0.2) is 32.4 Å². The van der Waals surface area contributed by atoms with Gasteiger partial charge in [-0.2, -0.15) is 4.31 Å². The van der Waals surface area contributed by atoms with E-state index in [0.717, 1.165) is 6.42 Å². The first-order chi connectivity index (χ1) is 7.55. The van der Waals surface area contributed by atoms with E-state index in [-0.39, 0.29) is 12.4 Å². The summed E-state index contributed by atoms with van der Waals surface area (Å²) in [5, 5.41) is 1.77. The summed E-state index contributed by atoms with van der Waals surface area (Å²) < 4.78 is 27.1. The molecule has 0 aliphatic carbocycles. The van der Waals surface area contributed by atoms with Gasteiger partial charge < -0.3 is 5.73 Å². The number of nitrogens with two attached hydrogens (primary N) is 1.